The Balaban J connectivity index is 1.10. The van der Waals surface area contributed by atoms with Crippen molar-refractivity contribution in [2.24, 2.45) is 18.9 Å². The molecule has 1 amide bonds. The molecule has 192 valence electrons. The molecule has 1 N–H and O–H groups in total. The van der Waals surface area contributed by atoms with Crippen LogP contribution < -0.4 is 10.2 Å². The third-order valence-electron chi connectivity index (χ3n) is 7.62. The van der Waals surface area contributed by atoms with E-state index in [0.29, 0.717) is 22.4 Å². The molecule has 39 heavy (non-hydrogen) atoms. The van der Waals surface area contributed by atoms with Gasteiger partial charge >= 0.3 is 0 Å². The number of nitrogens with one attached hydrogen (secondary N) is 1. The van der Waals surface area contributed by atoms with E-state index in [1.807, 2.05) is 37.8 Å². The number of fused-ring (bicyclic) bond motifs is 2. The SMILES string of the molecule is Cn1cc(-c2cc(-c3ccc(N4C[C@@H]5[C@H](C4)[C@H]5NC(=O)c4ncccc4Cl)nc3)c3c(C#N)cnn3c2)cn1. The predicted molar refractivity (Wildman–Crippen MR) is 145 cm³/mol. The van der Waals surface area contributed by atoms with Gasteiger partial charge in [0.1, 0.15) is 17.6 Å². The number of rotatable bonds is 5. The van der Waals surface area contributed by atoms with E-state index in [2.05, 4.69) is 37.5 Å². The smallest absolute Gasteiger partial charge is 0.271 e. The number of nitrogens with zero attached hydrogens (tertiary/aromatic N) is 8. The lowest BCUT2D eigenvalue weighted by Crippen LogP contribution is -2.35. The van der Waals surface area contributed by atoms with Gasteiger partial charge in [-0.05, 0) is 30.3 Å². The van der Waals surface area contributed by atoms with Crippen LogP contribution in [0.4, 0.5) is 5.82 Å². The number of hydrogen-bond acceptors (Lipinski definition) is 7. The maximum atomic E-state index is 12.6. The van der Waals surface area contributed by atoms with Crippen molar-refractivity contribution in [3.63, 3.8) is 0 Å². The summed E-state index contributed by atoms with van der Waals surface area (Å²) in [6.45, 7) is 1.64. The van der Waals surface area contributed by atoms with Crippen molar-refractivity contribution in [2.75, 3.05) is 18.0 Å². The predicted octanol–water partition coefficient (Wildman–Crippen LogP) is 3.58. The topological polar surface area (TPSA) is 117 Å². The third kappa shape index (κ3) is 3.99. The molecule has 5 aromatic heterocycles. The normalized spacial score (nSPS) is 19.6. The molecule has 2 aliphatic rings. The van der Waals surface area contributed by atoms with E-state index >= 15 is 0 Å². The molecular formula is C28H22ClN9O. The maximum Gasteiger partial charge on any atom is 0.271 e. The lowest BCUT2D eigenvalue weighted by Gasteiger charge is -2.21. The molecule has 0 spiro atoms. The molecule has 1 aliphatic carbocycles. The summed E-state index contributed by atoms with van der Waals surface area (Å²) in [4.78, 5) is 23.7. The van der Waals surface area contributed by atoms with Gasteiger partial charge in [0.2, 0.25) is 0 Å². The summed E-state index contributed by atoms with van der Waals surface area (Å²) in [5, 5.41) is 21.8. The van der Waals surface area contributed by atoms with Crippen molar-refractivity contribution in [2.45, 2.75) is 6.04 Å². The molecule has 2 fully saturated rings. The second-order valence-corrected chi connectivity index (χ2v) is 10.4. The van der Waals surface area contributed by atoms with Crippen LogP contribution in [-0.2, 0) is 7.05 Å². The average molecular weight is 536 g/mol. The number of aryl methyl sites for hydroxylation is 1. The van der Waals surface area contributed by atoms with Crippen molar-refractivity contribution >= 4 is 28.8 Å². The number of amides is 1. The molecule has 3 atom stereocenters. The Hall–Kier alpha value is -4.75. The van der Waals surface area contributed by atoms with Gasteiger partial charge in [-0.25, -0.2) is 14.5 Å². The molecule has 6 heterocycles. The molecule has 10 nitrogen and oxygen atoms in total. The maximum absolute atomic E-state index is 12.6. The molecule has 1 saturated heterocycles. The first kappa shape index (κ1) is 23.4. The Morgan fingerprint density at radius 2 is 1.90 bits per heavy atom. The number of nitriles is 1. The van der Waals surface area contributed by atoms with Gasteiger partial charge in [0.25, 0.3) is 5.91 Å². The molecule has 1 aliphatic heterocycles. The van der Waals surface area contributed by atoms with E-state index < -0.39 is 0 Å². The number of carbonyl (C=O) groups excluding carboxylic acids is 1. The summed E-state index contributed by atoms with van der Waals surface area (Å²) in [6, 6.07) is 11.9. The van der Waals surface area contributed by atoms with Gasteiger partial charge in [0, 0.05) is 85.1 Å². The molecule has 0 radical (unpaired) electrons. The summed E-state index contributed by atoms with van der Waals surface area (Å²) in [6.07, 6.45) is 10.7. The number of aromatic nitrogens is 6. The van der Waals surface area contributed by atoms with Crippen molar-refractivity contribution in [1.82, 2.24) is 34.7 Å². The first-order valence-electron chi connectivity index (χ1n) is 12.5. The van der Waals surface area contributed by atoms with E-state index in [9.17, 15) is 10.1 Å². The van der Waals surface area contributed by atoms with Gasteiger partial charge in [-0.1, -0.05) is 11.6 Å². The van der Waals surface area contributed by atoms with Gasteiger partial charge < -0.3 is 10.2 Å². The minimum absolute atomic E-state index is 0.126. The highest BCUT2D eigenvalue weighted by atomic mass is 35.5. The van der Waals surface area contributed by atoms with Gasteiger partial charge in [-0.15, -0.1) is 0 Å². The van der Waals surface area contributed by atoms with Gasteiger partial charge in [0.05, 0.1) is 28.5 Å². The summed E-state index contributed by atoms with van der Waals surface area (Å²) in [5.74, 6) is 1.40. The zero-order valence-corrected chi connectivity index (χ0v) is 21.6. The molecule has 11 heteroatoms. The van der Waals surface area contributed by atoms with Gasteiger partial charge in [0.15, 0.2) is 0 Å². The Bertz CT molecular complexity index is 1770. The first-order chi connectivity index (χ1) is 19.0. The fraction of sp³-hybridized carbons (Fsp3) is 0.214. The lowest BCUT2D eigenvalue weighted by atomic mass is 10.0. The highest BCUT2D eigenvalue weighted by molar-refractivity contribution is 6.33. The standard InChI is InChI=1S/C28H22ClN9O/c1-36-12-19(11-33-36)17-7-20(27-18(8-30)10-34-38(27)13-17)16-4-5-24(32-9-16)37-14-21-22(15-37)25(21)35-28(39)26-23(29)3-2-6-31-26/h2-7,9-13,21-22,25H,14-15H2,1H3,(H,35,39)/t21-,22+,25+. The van der Waals surface area contributed by atoms with E-state index in [1.54, 1.807) is 39.9 Å². The van der Waals surface area contributed by atoms with Gasteiger partial charge in [-0.3, -0.25) is 9.48 Å². The minimum atomic E-state index is -0.231. The molecule has 0 bridgehead atoms. The van der Waals surface area contributed by atoms with Gasteiger partial charge in [-0.2, -0.15) is 15.5 Å². The van der Waals surface area contributed by atoms with Crippen LogP contribution in [0, 0.1) is 23.2 Å². The zero-order chi connectivity index (χ0) is 26.7. The van der Waals surface area contributed by atoms with Crippen molar-refractivity contribution in [3.05, 3.63) is 83.8 Å². The van der Waals surface area contributed by atoms with Crippen molar-refractivity contribution in [1.29, 1.82) is 5.26 Å². The van der Waals surface area contributed by atoms with E-state index in [1.165, 1.54) is 0 Å². The fourth-order valence-electron chi connectivity index (χ4n) is 5.58. The number of halogens is 1. The molecule has 7 rings (SSSR count). The summed E-state index contributed by atoms with van der Waals surface area (Å²) >= 11 is 6.12. The van der Waals surface area contributed by atoms with Crippen LogP contribution in [0.1, 0.15) is 16.1 Å². The van der Waals surface area contributed by atoms with Crippen LogP contribution in [0.5, 0.6) is 0 Å². The molecular weight excluding hydrogens is 514 g/mol. The minimum Gasteiger partial charge on any atom is -0.356 e. The average Bonchev–Trinajstić information content (AvgIpc) is 3.40. The highest BCUT2D eigenvalue weighted by Gasteiger charge is 2.56. The number of piperidine rings is 1. The Kier molecular flexibility index (Phi) is 5.35. The van der Waals surface area contributed by atoms with Crippen LogP contribution >= 0.6 is 11.6 Å². The second-order valence-electron chi connectivity index (χ2n) is 9.98. The van der Waals surface area contributed by atoms with E-state index in [4.69, 9.17) is 16.6 Å². The second kappa shape index (κ2) is 8.92. The Labute approximate surface area is 228 Å². The van der Waals surface area contributed by atoms with Crippen LogP contribution in [0.25, 0.3) is 27.8 Å². The third-order valence-corrected chi connectivity index (χ3v) is 7.92. The monoisotopic (exact) mass is 535 g/mol. The zero-order valence-electron chi connectivity index (χ0n) is 20.9. The molecule has 1 saturated carbocycles. The quantitative estimate of drug-likeness (QED) is 0.365. The Morgan fingerprint density at radius 3 is 2.59 bits per heavy atom. The van der Waals surface area contributed by atoms with Crippen molar-refractivity contribution in [3.8, 4) is 28.3 Å². The number of carbonyl (C=O) groups is 1. The molecule has 5 aromatic rings. The Morgan fingerprint density at radius 1 is 1.05 bits per heavy atom. The van der Waals surface area contributed by atoms with Crippen LogP contribution in [0.15, 0.2) is 67.5 Å². The summed E-state index contributed by atoms with van der Waals surface area (Å²) in [5.41, 5.74) is 5.19. The fourth-order valence-corrected chi connectivity index (χ4v) is 5.79. The van der Waals surface area contributed by atoms with E-state index in [-0.39, 0.29) is 17.6 Å². The lowest BCUT2D eigenvalue weighted by molar-refractivity contribution is 0.0942. The largest absolute Gasteiger partial charge is 0.356 e. The molecule has 0 unspecified atom stereocenters. The van der Waals surface area contributed by atoms with E-state index in [0.717, 1.165) is 46.7 Å². The highest BCUT2D eigenvalue weighted by Crippen LogP contribution is 2.46. The van der Waals surface area contributed by atoms with Crippen LogP contribution in [0.3, 0.4) is 0 Å². The number of hydrogen-bond donors (Lipinski definition) is 1. The van der Waals surface area contributed by atoms with Crippen molar-refractivity contribution < 1.29 is 4.79 Å². The summed E-state index contributed by atoms with van der Waals surface area (Å²) < 4.78 is 3.49. The number of pyridine rings is 3. The van der Waals surface area contributed by atoms with Crippen LogP contribution in [-0.4, -0.2) is 54.4 Å². The van der Waals surface area contributed by atoms with Crippen LogP contribution in [0.2, 0.25) is 5.02 Å². The summed E-state index contributed by atoms with van der Waals surface area (Å²) in [7, 11) is 1.88. The molecule has 0 aromatic carbocycles. The first-order valence-corrected chi connectivity index (χ1v) is 12.9. The number of anilines is 1.